The second-order valence-electron chi connectivity index (χ2n) is 8.60. The van der Waals surface area contributed by atoms with Gasteiger partial charge in [-0.25, -0.2) is 9.48 Å². The number of carbonyl (C=O) groups excluding carboxylic acids is 3. The van der Waals surface area contributed by atoms with Crippen molar-refractivity contribution in [1.29, 1.82) is 0 Å². The monoisotopic (exact) mass is 499 g/mol. The summed E-state index contributed by atoms with van der Waals surface area (Å²) >= 11 is 0. The van der Waals surface area contributed by atoms with Crippen LogP contribution >= 0.6 is 0 Å². The third-order valence-corrected chi connectivity index (χ3v) is 6.06. The van der Waals surface area contributed by atoms with Crippen molar-refractivity contribution in [2.24, 2.45) is 0 Å². The van der Waals surface area contributed by atoms with Crippen LogP contribution in [0.5, 0.6) is 0 Å². The number of imide groups is 1. The fourth-order valence-electron chi connectivity index (χ4n) is 4.14. The third-order valence-electron chi connectivity index (χ3n) is 6.06. The summed E-state index contributed by atoms with van der Waals surface area (Å²) in [4.78, 5) is 51.0. The summed E-state index contributed by atoms with van der Waals surface area (Å²) in [6.45, 7) is -0.558. The van der Waals surface area contributed by atoms with E-state index in [9.17, 15) is 32.3 Å². The van der Waals surface area contributed by atoms with Gasteiger partial charge in [-0.3, -0.25) is 23.9 Å². The van der Waals surface area contributed by atoms with Gasteiger partial charge in [-0.2, -0.15) is 13.2 Å². The lowest BCUT2D eigenvalue weighted by molar-refractivity contribution is -0.137. The lowest BCUT2D eigenvalue weighted by Crippen LogP contribution is -2.41. The predicted molar refractivity (Wildman–Crippen MR) is 120 cm³/mol. The van der Waals surface area contributed by atoms with Crippen molar-refractivity contribution in [2.45, 2.75) is 31.6 Å². The summed E-state index contributed by atoms with van der Waals surface area (Å²) in [5.74, 6) is -1.59. The van der Waals surface area contributed by atoms with Crippen molar-refractivity contribution in [3.05, 3.63) is 75.7 Å². The Labute approximate surface area is 202 Å². The highest BCUT2D eigenvalue weighted by Crippen LogP contribution is 2.37. The number of carbonyl (C=O) groups is 3. The molecular formula is C24H20F3N5O4. The van der Waals surface area contributed by atoms with Crippen LogP contribution < -0.4 is 11.0 Å². The highest BCUT2D eigenvalue weighted by molar-refractivity contribution is 6.22. The number of fused-ring (bicyclic) bond motifs is 1. The van der Waals surface area contributed by atoms with Gasteiger partial charge in [0.15, 0.2) is 5.82 Å². The Hall–Kier alpha value is -4.22. The molecule has 0 bridgehead atoms. The maximum Gasteiger partial charge on any atom is 0.416 e. The normalized spacial score (nSPS) is 15.4. The Balaban J connectivity index is 1.27. The number of hydrogen-bond donors (Lipinski definition) is 1. The van der Waals surface area contributed by atoms with E-state index in [1.807, 2.05) is 0 Å². The number of halogens is 3. The molecule has 0 saturated heterocycles. The van der Waals surface area contributed by atoms with E-state index >= 15 is 0 Å². The van der Waals surface area contributed by atoms with Gasteiger partial charge in [-0.05, 0) is 37.1 Å². The van der Waals surface area contributed by atoms with Crippen molar-refractivity contribution < 1.29 is 27.6 Å². The van der Waals surface area contributed by atoms with Crippen LogP contribution in [0.3, 0.4) is 0 Å². The van der Waals surface area contributed by atoms with Crippen LogP contribution in [0.15, 0.2) is 53.3 Å². The molecule has 5 rings (SSSR count). The molecular weight excluding hydrogens is 479 g/mol. The van der Waals surface area contributed by atoms with Gasteiger partial charge >= 0.3 is 11.9 Å². The van der Waals surface area contributed by atoms with Crippen molar-refractivity contribution in [1.82, 2.24) is 24.6 Å². The highest BCUT2D eigenvalue weighted by atomic mass is 19.4. The molecule has 3 aromatic rings. The standard InChI is InChI=1S/C24H20F3N5O4/c25-24(26,27)15-5-3-4-14(12-15)20-29-31(23(36)32(20)16-8-9-16)11-10-28-19(33)13-30-21(34)17-6-1-2-7-18(17)22(30)35/h1-7,12,16H,8-11,13H2,(H,28,33). The van der Waals surface area contributed by atoms with E-state index in [1.165, 1.54) is 28.8 Å². The van der Waals surface area contributed by atoms with Crippen LogP contribution in [-0.4, -0.2) is 50.1 Å². The first-order chi connectivity index (χ1) is 17.1. The minimum absolute atomic E-state index is 0.0361. The Morgan fingerprint density at radius 1 is 1.00 bits per heavy atom. The average Bonchev–Trinajstić information content (AvgIpc) is 3.60. The number of amides is 3. The fourth-order valence-corrected chi connectivity index (χ4v) is 4.14. The van der Waals surface area contributed by atoms with E-state index in [2.05, 4.69) is 10.4 Å². The van der Waals surface area contributed by atoms with Crippen LogP contribution in [-0.2, 0) is 17.5 Å². The Bertz CT molecular complexity index is 1400. The number of rotatable bonds is 7. The summed E-state index contributed by atoms with van der Waals surface area (Å²) in [5, 5.41) is 6.80. The first kappa shape index (κ1) is 23.5. The number of nitrogens with one attached hydrogen (secondary N) is 1. The highest BCUT2D eigenvalue weighted by Gasteiger charge is 2.36. The largest absolute Gasteiger partial charge is 0.416 e. The van der Waals surface area contributed by atoms with Crippen molar-refractivity contribution in [2.75, 3.05) is 13.1 Å². The van der Waals surface area contributed by atoms with Crippen LogP contribution in [0.4, 0.5) is 13.2 Å². The van der Waals surface area contributed by atoms with E-state index < -0.39 is 41.7 Å². The third kappa shape index (κ3) is 4.30. The van der Waals surface area contributed by atoms with Gasteiger partial charge in [0.1, 0.15) is 6.54 Å². The molecule has 1 aliphatic heterocycles. The molecule has 0 atom stereocenters. The average molecular weight is 499 g/mol. The number of benzene rings is 2. The fraction of sp³-hybridized carbons (Fsp3) is 0.292. The molecule has 2 aliphatic rings. The Morgan fingerprint density at radius 2 is 1.67 bits per heavy atom. The molecule has 1 N–H and O–H groups in total. The number of alkyl halides is 3. The summed E-state index contributed by atoms with van der Waals surface area (Å²) in [5.41, 5.74) is -0.698. The summed E-state index contributed by atoms with van der Waals surface area (Å²) in [6, 6.07) is 10.8. The molecule has 12 heteroatoms. The zero-order valence-corrected chi connectivity index (χ0v) is 18.8. The van der Waals surface area contributed by atoms with E-state index in [1.54, 1.807) is 12.1 Å². The second-order valence-corrected chi connectivity index (χ2v) is 8.60. The van der Waals surface area contributed by atoms with Crippen molar-refractivity contribution in [3.63, 3.8) is 0 Å². The van der Waals surface area contributed by atoms with E-state index in [0.717, 1.165) is 21.7 Å². The number of aromatic nitrogens is 3. The molecule has 0 spiro atoms. The van der Waals surface area contributed by atoms with Gasteiger partial charge in [0.05, 0.1) is 23.2 Å². The molecule has 1 aromatic heterocycles. The SMILES string of the molecule is O=C(CN1C(=O)c2ccccc2C1=O)NCCn1nc(-c2cccc(C(F)(F)F)c2)n(C2CC2)c1=O. The minimum Gasteiger partial charge on any atom is -0.353 e. The first-order valence-electron chi connectivity index (χ1n) is 11.2. The Kier molecular flexibility index (Phi) is 5.73. The zero-order valence-electron chi connectivity index (χ0n) is 18.8. The zero-order chi connectivity index (χ0) is 25.6. The number of hydrogen-bond acceptors (Lipinski definition) is 5. The van der Waals surface area contributed by atoms with Crippen LogP contribution in [0.1, 0.15) is 45.2 Å². The van der Waals surface area contributed by atoms with E-state index in [-0.39, 0.29) is 41.6 Å². The summed E-state index contributed by atoms with van der Waals surface area (Å²) in [6.07, 6.45) is -3.10. The second kappa shape index (κ2) is 8.77. The van der Waals surface area contributed by atoms with E-state index in [4.69, 9.17) is 0 Å². The molecule has 9 nitrogen and oxygen atoms in total. The van der Waals surface area contributed by atoms with E-state index in [0.29, 0.717) is 12.8 Å². The maximum absolute atomic E-state index is 13.2. The van der Waals surface area contributed by atoms with Gasteiger partial charge in [0, 0.05) is 18.2 Å². The molecule has 186 valence electrons. The van der Waals surface area contributed by atoms with Crippen LogP contribution in [0, 0.1) is 0 Å². The summed E-state index contributed by atoms with van der Waals surface area (Å²) < 4.78 is 42.0. The first-order valence-corrected chi connectivity index (χ1v) is 11.2. The minimum atomic E-state index is -4.53. The molecule has 0 unspecified atom stereocenters. The van der Waals surface area contributed by atoms with Crippen molar-refractivity contribution >= 4 is 17.7 Å². The van der Waals surface area contributed by atoms with Gasteiger partial charge in [-0.15, -0.1) is 5.10 Å². The van der Waals surface area contributed by atoms with Gasteiger partial charge in [0.2, 0.25) is 5.91 Å². The van der Waals surface area contributed by atoms with Gasteiger partial charge in [0.25, 0.3) is 11.8 Å². The quantitative estimate of drug-likeness (QED) is 0.503. The molecule has 1 aliphatic carbocycles. The van der Waals surface area contributed by atoms with Crippen molar-refractivity contribution in [3.8, 4) is 11.4 Å². The summed E-state index contributed by atoms with van der Waals surface area (Å²) in [7, 11) is 0. The van der Waals surface area contributed by atoms with Gasteiger partial charge < -0.3 is 5.32 Å². The smallest absolute Gasteiger partial charge is 0.353 e. The molecule has 2 aromatic carbocycles. The molecule has 1 saturated carbocycles. The predicted octanol–water partition coefficient (Wildman–Crippen LogP) is 2.48. The van der Waals surface area contributed by atoms with Crippen LogP contribution in [0.25, 0.3) is 11.4 Å². The molecule has 1 fully saturated rings. The van der Waals surface area contributed by atoms with Gasteiger partial charge in [-0.1, -0.05) is 24.3 Å². The molecule has 2 heterocycles. The molecule has 0 radical (unpaired) electrons. The van der Waals surface area contributed by atoms with Crippen LogP contribution in [0.2, 0.25) is 0 Å². The lowest BCUT2D eigenvalue weighted by Gasteiger charge is -2.13. The molecule has 36 heavy (non-hydrogen) atoms. The topological polar surface area (TPSA) is 106 Å². The maximum atomic E-state index is 13.2. The lowest BCUT2D eigenvalue weighted by atomic mass is 10.1. The Morgan fingerprint density at radius 3 is 2.28 bits per heavy atom. The molecule has 3 amide bonds. The number of nitrogens with zero attached hydrogens (tertiary/aromatic N) is 4.